The van der Waals surface area contributed by atoms with Gasteiger partial charge in [-0.2, -0.15) is 0 Å². The molecule has 0 radical (unpaired) electrons. The van der Waals surface area contributed by atoms with E-state index in [1.54, 1.807) is 24.3 Å². The van der Waals surface area contributed by atoms with Crippen LogP contribution in [0, 0.1) is 23.2 Å². The van der Waals surface area contributed by atoms with Gasteiger partial charge in [0.15, 0.2) is 11.5 Å². The smallest absolute Gasteiger partial charge is 0.228 e. The lowest BCUT2D eigenvalue weighted by Crippen LogP contribution is -2.49. The number of Topliss-reactive ketones (excluding diaryl/α,β-unsaturated/α-hetero) is 2. The van der Waals surface area contributed by atoms with E-state index >= 15 is 0 Å². The Balaban J connectivity index is 0.00000112. The van der Waals surface area contributed by atoms with Gasteiger partial charge in [0.2, 0.25) is 5.78 Å². The van der Waals surface area contributed by atoms with Gasteiger partial charge >= 0.3 is 0 Å². The third kappa shape index (κ3) is 3.46. The summed E-state index contributed by atoms with van der Waals surface area (Å²) in [7, 11) is 1.00. The number of fused-ring (bicyclic) bond motifs is 3. The van der Waals surface area contributed by atoms with Crippen LogP contribution in [-0.4, -0.2) is 40.6 Å². The molecule has 0 bridgehead atoms. The van der Waals surface area contributed by atoms with Crippen molar-refractivity contribution in [3.63, 3.8) is 0 Å². The van der Waals surface area contributed by atoms with Crippen molar-refractivity contribution in [2.24, 2.45) is 23.2 Å². The monoisotopic (exact) mass is 426 g/mol. The van der Waals surface area contributed by atoms with Crippen molar-refractivity contribution in [3.8, 4) is 0 Å². The zero-order valence-electron chi connectivity index (χ0n) is 19.0. The molecule has 31 heavy (non-hydrogen) atoms. The number of hydrogen-bond acceptors (Lipinski definition) is 5. The van der Waals surface area contributed by atoms with E-state index < -0.39 is 5.60 Å². The Bertz CT molecular complexity index is 929. The van der Waals surface area contributed by atoms with Crippen LogP contribution >= 0.6 is 0 Å². The summed E-state index contributed by atoms with van der Waals surface area (Å²) in [6.07, 6.45) is 4.76. The van der Waals surface area contributed by atoms with Crippen molar-refractivity contribution in [2.75, 3.05) is 7.11 Å². The van der Waals surface area contributed by atoms with Crippen molar-refractivity contribution in [2.45, 2.75) is 71.0 Å². The minimum absolute atomic E-state index is 0.0705. The molecular formula is C26H34O5. The van der Waals surface area contributed by atoms with Gasteiger partial charge < -0.3 is 14.9 Å². The van der Waals surface area contributed by atoms with Crippen LogP contribution < -0.4 is 0 Å². The molecule has 5 heteroatoms. The summed E-state index contributed by atoms with van der Waals surface area (Å²) >= 11 is 0. The van der Waals surface area contributed by atoms with Crippen molar-refractivity contribution >= 4 is 11.6 Å². The average molecular weight is 427 g/mol. The Labute approximate surface area is 184 Å². The van der Waals surface area contributed by atoms with Crippen LogP contribution in [0.4, 0.5) is 0 Å². The molecule has 4 aliphatic rings. The Morgan fingerprint density at radius 1 is 0.968 bits per heavy atom. The van der Waals surface area contributed by atoms with Gasteiger partial charge in [-0.1, -0.05) is 38.1 Å². The fraction of sp³-hybridized carbons (Fsp3) is 0.615. The minimum atomic E-state index is -0.471. The molecule has 168 valence electrons. The first-order valence-electron chi connectivity index (χ1n) is 11.4. The number of allylic oxidation sites excluding steroid dienone is 2. The van der Waals surface area contributed by atoms with Gasteiger partial charge in [-0.3, -0.25) is 9.59 Å². The molecule has 5 nitrogen and oxygen atoms in total. The van der Waals surface area contributed by atoms with E-state index in [-0.39, 0.29) is 34.8 Å². The zero-order valence-corrected chi connectivity index (χ0v) is 19.0. The van der Waals surface area contributed by atoms with E-state index in [4.69, 9.17) is 9.84 Å². The van der Waals surface area contributed by atoms with Crippen LogP contribution in [0.1, 0.15) is 80.0 Å². The summed E-state index contributed by atoms with van der Waals surface area (Å²) < 4.78 is 6.45. The predicted molar refractivity (Wildman–Crippen MR) is 118 cm³/mol. The standard InChI is InChI=1S/C25H30O4.CH4O/c1-24(2)13-18-19(24)10-11-25(3)14(8-9-20(18)26)12-17-21(27)15-6-4-5-7-16(15)22(28)23(17)29-25;1-2/h4-7,14,18-20,26H,8-13H2,1-3H3;2H,1H3/t14-,18-,19+,20+,25+;/m0./s1. The van der Waals surface area contributed by atoms with Gasteiger partial charge in [0.25, 0.3) is 0 Å². The Kier molecular flexibility index (Phi) is 5.63. The van der Waals surface area contributed by atoms with Crippen molar-refractivity contribution in [1.82, 2.24) is 0 Å². The molecule has 2 saturated carbocycles. The molecule has 1 heterocycles. The molecule has 2 fully saturated rings. The summed E-state index contributed by atoms with van der Waals surface area (Å²) in [5.41, 5.74) is 1.26. The average Bonchev–Trinajstić information content (AvgIpc) is 2.79. The molecule has 1 aromatic rings. The maximum absolute atomic E-state index is 13.1. The highest BCUT2D eigenvalue weighted by Gasteiger charge is 2.54. The van der Waals surface area contributed by atoms with E-state index in [2.05, 4.69) is 20.8 Å². The van der Waals surface area contributed by atoms with Crippen LogP contribution in [0.15, 0.2) is 35.6 Å². The van der Waals surface area contributed by atoms with Crippen LogP contribution in [0.2, 0.25) is 0 Å². The first-order chi connectivity index (χ1) is 14.7. The van der Waals surface area contributed by atoms with E-state index in [0.717, 1.165) is 39.2 Å². The predicted octanol–water partition coefficient (Wildman–Crippen LogP) is 4.32. The second-order valence-electron chi connectivity index (χ2n) is 10.5. The Hall–Kier alpha value is -1.98. The van der Waals surface area contributed by atoms with Crippen molar-refractivity contribution in [1.29, 1.82) is 0 Å². The number of hydrogen-bond donors (Lipinski definition) is 2. The molecule has 0 amide bonds. The molecule has 0 unspecified atom stereocenters. The van der Waals surface area contributed by atoms with E-state index in [1.807, 2.05) is 0 Å². The maximum atomic E-state index is 13.1. The number of aliphatic hydroxyl groups excluding tert-OH is 2. The van der Waals surface area contributed by atoms with Gasteiger partial charge in [0, 0.05) is 29.7 Å². The van der Waals surface area contributed by atoms with Gasteiger partial charge in [0.1, 0.15) is 5.60 Å². The summed E-state index contributed by atoms with van der Waals surface area (Å²) in [4.78, 5) is 26.3. The maximum Gasteiger partial charge on any atom is 0.228 e. The molecular weight excluding hydrogens is 392 g/mol. The number of ketones is 2. The highest BCUT2D eigenvalue weighted by molar-refractivity contribution is 6.26. The molecule has 1 aliphatic heterocycles. The third-order valence-corrected chi connectivity index (χ3v) is 8.36. The van der Waals surface area contributed by atoms with Crippen LogP contribution in [-0.2, 0) is 4.74 Å². The normalized spacial score (nSPS) is 35.9. The summed E-state index contributed by atoms with van der Waals surface area (Å²) in [5.74, 6) is 1.03. The molecule has 0 spiro atoms. The lowest BCUT2D eigenvalue weighted by atomic mass is 9.52. The Morgan fingerprint density at radius 2 is 1.61 bits per heavy atom. The SMILES string of the molecule is CC1(C)C[C@@H]2[C@H](O)CC[C@H]3CC4=C(O[C@]3(C)CC[C@H]21)C(=O)c1ccccc1C4=O.CO. The lowest BCUT2D eigenvalue weighted by Gasteiger charge is -2.54. The number of ether oxygens (including phenoxy) is 1. The molecule has 5 atom stereocenters. The van der Waals surface area contributed by atoms with E-state index in [0.29, 0.717) is 35.0 Å². The highest BCUT2D eigenvalue weighted by atomic mass is 16.5. The Morgan fingerprint density at radius 3 is 2.26 bits per heavy atom. The third-order valence-electron chi connectivity index (χ3n) is 8.36. The van der Waals surface area contributed by atoms with E-state index in [9.17, 15) is 14.7 Å². The number of benzene rings is 1. The van der Waals surface area contributed by atoms with Crippen molar-refractivity contribution < 1.29 is 24.5 Å². The van der Waals surface area contributed by atoms with Crippen LogP contribution in [0.5, 0.6) is 0 Å². The fourth-order valence-electron chi connectivity index (χ4n) is 6.50. The number of carbonyl (C=O) groups excluding carboxylic acids is 2. The molecule has 3 aliphatic carbocycles. The van der Waals surface area contributed by atoms with Gasteiger partial charge in [-0.05, 0) is 62.7 Å². The lowest BCUT2D eigenvalue weighted by molar-refractivity contribution is -0.0957. The second-order valence-corrected chi connectivity index (χ2v) is 10.5. The second kappa shape index (κ2) is 7.86. The molecule has 2 N–H and O–H groups in total. The number of aliphatic hydroxyl groups is 2. The van der Waals surface area contributed by atoms with Crippen LogP contribution in [0.25, 0.3) is 0 Å². The fourth-order valence-corrected chi connectivity index (χ4v) is 6.50. The quantitative estimate of drug-likeness (QED) is 0.645. The minimum Gasteiger partial charge on any atom is -0.483 e. The first kappa shape index (κ1) is 22.2. The summed E-state index contributed by atoms with van der Waals surface area (Å²) in [5, 5.41) is 17.8. The molecule has 1 aromatic carbocycles. The van der Waals surface area contributed by atoms with Crippen LogP contribution in [0.3, 0.4) is 0 Å². The number of carbonyl (C=O) groups is 2. The summed E-state index contributed by atoms with van der Waals surface area (Å²) in [6, 6.07) is 7.05. The van der Waals surface area contributed by atoms with E-state index in [1.165, 1.54) is 0 Å². The summed E-state index contributed by atoms with van der Waals surface area (Å²) in [6.45, 7) is 6.69. The largest absolute Gasteiger partial charge is 0.483 e. The zero-order chi connectivity index (χ0) is 22.6. The van der Waals surface area contributed by atoms with Gasteiger partial charge in [-0.15, -0.1) is 0 Å². The molecule has 0 saturated heterocycles. The topological polar surface area (TPSA) is 83.8 Å². The number of rotatable bonds is 0. The molecule has 0 aromatic heterocycles. The highest BCUT2D eigenvalue weighted by Crippen LogP contribution is 2.57. The van der Waals surface area contributed by atoms with Gasteiger partial charge in [0.05, 0.1) is 6.10 Å². The van der Waals surface area contributed by atoms with Gasteiger partial charge in [-0.25, -0.2) is 0 Å². The van der Waals surface area contributed by atoms with Crippen molar-refractivity contribution in [3.05, 3.63) is 46.7 Å². The first-order valence-corrected chi connectivity index (χ1v) is 11.4. The molecule has 5 rings (SSSR count).